The highest BCUT2D eigenvalue weighted by Crippen LogP contribution is 2.37. The summed E-state index contributed by atoms with van der Waals surface area (Å²) in [5, 5.41) is 9.71. The number of rotatable bonds is 6. The number of ether oxygens (including phenoxy) is 1. The summed E-state index contributed by atoms with van der Waals surface area (Å²) in [5.74, 6) is 0.581. The van der Waals surface area contributed by atoms with E-state index in [0.29, 0.717) is 10.2 Å². The van der Waals surface area contributed by atoms with Gasteiger partial charge >= 0.3 is 0 Å². The van der Waals surface area contributed by atoms with Crippen molar-refractivity contribution in [3.05, 3.63) is 22.2 Å². The molecule has 0 aliphatic heterocycles. The first kappa shape index (κ1) is 14.3. The third kappa shape index (κ3) is 3.89. The Kier molecular flexibility index (Phi) is 5.78. The van der Waals surface area contributed by atoms with E-state index in [4.69, 9.17) is 10.5 Å². The number of phenolic OH excluding ortho intramolecular Hbond substituents is 1. The second-order valence-electron chi connectivity index (χ2n) is 4.16. The topological polar surface area (TPSA) is 55.5 Å². The minimum Gasteiger partial charge on any atom is -0.503 e. The summed E-state index contributed by atoms with van der Waals surface area (Å²) in [6.45, 7) is 2.17. The van der Waals surface area contributed by atoms with E-state index in [9.17, 15) is 5.11 Å². The van der Waals surface area contributed by atoms with E-state index < -0.39 is 0 Å². The van der Waals surface area contributed by atoms with Crippen molar-refractivity contribution in [1.29, 1.82) is 0 Å². The summed E-state index contributed by atoms with van der Waals surface area (Å²) in [6, 6.07) is 3.65. The second kappa shape index (κ2) is 6.87. The molecule has 0 saturated heterocycles. The van der Waals surface area contributed by atoms with Crippen LogP contribution in [0.1, 0.15) is 44.2 Å². The molecular weight excluding hydrogens is 282 g/mol. The quantitative estimate of drug-likeness (QED) is 0.787. The van der Waals surface area contributed by atoms with Crippen molar-refractivity contribution in [3.63, 3.8) is 0 Å². The van der Waals surface area contributed by atoms with Gasteiger partial charge in [-0.15, -0.1) is 0 Å². The maximum absolute atomic E-state index is 9.71. The number of methoxy groups -OCH3 is 1. The molecule has 4 heteroatoms. The molecule has 0 spiro atoms. The molecule has 1 rings (SSSR count). The van der Waals surface area contributed by atoms with Crippen LogP contribution in [-0.2, 0) is 0 Å². The first-order valence-electron chi connectivity index (χ1n) is 5.92. The molecule has 0 aromatic heterocycles. The Bertz CT molecular complexity index is 369. The molecule has 0 unspecified atom stereocenters. The summed E-state index contributed by atoms with van der Waals surface area (Å²) >= 11 is 3.30. The van der Waals surface area contributed by atoms with Crippen molar-refractivity contribution in [2.24, 2.45) is 5.73 Å². The van der Waals surface area contributed by atoms with Crippen LogP contribution >= 0.6 is 15.9 Å². The molecule has 0 bridgehead atoms. The van der Waals surface area contributed by atoms with Gasteiger partial charge in [0.15, 0.2) is 11.5 Å². The van der Waals surface area contributed by atoms with Crippen LogP contribution in [0.25, 0.3) is 0 Å². The average Bonchev–Trinajstić information content (AvgIpc) is 2.32. The van der Waals surface area contributed by atoms with Gasteiger partial charge in [0, 0.05) is 6.04 Å². The van der Waals surface area contributed by atoms with Crippen molar-refractivity contribution in [3.8, 4) is 11.5 Å². The van der Waals surface area contributed by atoms with E-state index in [-0.39, 0.29) is 11.8 Å². The zero-order valence-electron chi connectivity index (χ0n) is 10.4. The van der Waals surface area contributed by atoms with Crippen LogP contribution in [0.3, 0.4) is 0 Å². The minimum atomic E-state index is -0.00708. The standard InChI is InChI=1S/C13H20BrNO2/c1-3-4-5-6-11(15)9-7-10(14)13(16)12(8-9)17-2/h7-8,11,16H,3-6,15H2,1-2H3/t11-/m0/s1. The lowest BCUT2D eigenvalue weighted by atomic mass is 10.0. The van der Waals surface area contributed by atoms with E-state index in [1.165, 1.54) is 20.0 Å². The molecule has 0 radical (unpaired) electrons. The number of halogens is 1. The smallest absolute Gasteiger partial charge is 0.172 e. The van der Waals surface area contributed by atoms with Gasteiger partial charge in [0.1, 0.15) is 0 Å². The third-order valence-electron chi connectivity index (χ3n) is 2.82. The number of nitrogens with two attached hydrogens (primary N) is 1. The maximum Gasteiger partial charge on any atom is 0.172 e. The van der Waals surface area contributed by atoms with E-state index >= 15 is 0 Å². The van der Waals surface area contributed by atoms with Gasteiger partial charge in [-0.05, 0) is 40.0 Å². The molecule has 17 heavy (non-hydrogen) atoms. The van der Waals surface area contributed by atoms with E-state index in [1.54, 1.807) is 6.07 Å². The fourth-order valence-electron chi connectivity index (χ4n) is 1.74. The lowest BCUT2D eigenvalue weighted by Gasteiger charge is -2.14. The highest BCUT2D eigenvalue weighted by Gasteiger charge is 2.13. The maximum atomic E-state index is 9.71. The monoisotopic (exact) mass is 301 g/mol. The Morgan fingerprint density at radius 1 is 1.41 bits per heavy atom. The Morgan fingerprint density at radius 3 is 2.71 bits per heavy atom. The highest BCUT2D eigenvalue weighted by atomic mass is 79.9. The SMILES string of the molecule is CCCCC[C@H](N)c1cc(Br)c(O)c(OC)c1. The van der Waals surface area contributed by atoms with E-state index in [0.717, 1.165) is 18.4 Å². The molecule has 3 N–H and O–H groups in total. The first-order chi connectivity index (χ1) is 8.10. The summed E-state index contributed by atoms with van der Waals surface area (Å²) in [7, 11) is 1.54. The summed E-state index contributed by atoms with van der Waals surface area (Å²) in [4.78, 5) is 0. The van der Waals surface area contributed by atoms with Crippen molar-refractivity contribution in [1.82, 2.24) is 0 Å². The normalized spacial score (nSPS) is 12.5. The fourth-order valence-corrected chi connectivity index (χ4v) is 2.20. The zero-order chi connectivity index (χ0) is 12.8. The fraction of sp³-hybridized carbons (Fsp3) is 0.538. The number of aromatic hydroxyl groups is 1. The second-order valence-corrected chi connectivity index (χ2v) is 5.01. The molecule has 0 fully saturated rings. The van der Waals surface area contributed by atoms with Crippen LogP contribution < -0.4 is 10.5 Å². The molecule has 0 aliphatic rings. The zero-order valence-corrected chi connectivity index (χ0v) is 12.0. The van der Waals surface area contributed by atoms with Crippen LogP contribution in [0, 0.1) is 0 Å². The molecule has 0 amide bonds. The molecule has 0 saturated carbocycles. The van der Waals surface area contributed by atoms with Gasteiger partial charge in [-0.3, -0.25) is 0 Å². The molecule has 0 aliphatic carbocycles. The lowest BCUT2D eigenvalue weighted by Crippen LogP contribution is -2.10. The Labute approximate surface area is 111 Å². The average molecular weight is 302 g/mol. The van der Waals surface area contributed by atoms with Crippen LogP contribution in [-0.4, -0.2) is 12.2 Å². The Hall–Kier alpha value is -0.740. The number of hydrogen-bond acceptors (Lipinski definition) is 3. The third-order valence-corrected chi connectivity index (χ3v) is 3.42. The van der Waals surface area contributed by atoms with Gasteiger partial charge in [0.05, 0.1) is 11.6 Å². The van der Waals surface area contributed by atoms with Gasteiger partial charge in [-0.1, -0.05) is 26.2 Å². The van der Waals surface area contributed by atoms with Crippen molar-refractivity contribution < 1.29 is 9.84 Å². The van der Waals surface area contributed by atoms with Crippen LogP contribution in [0.5, 0.6) is 11.5 Å². The van der Waals surface area contributed by atoms with Crippen molar-refractivity contribution in [2.75, 3.05) is 7.11 Å². The Balaban J connectivity index is 2.79. The lowest BCUT2D eigenvalue weighted by molar-refractivity contribution is 0.370. The van der Waals surface area contributed by atoms with Gasteiger partial charge < -0.3 is 15.6 Å². The number of hydrogen-bond donors (Lipinski definition) is 2. The molecule has 96 valence electrons. The Morgan fingerprint density at radius 2 is 2.12 bits per heavy atom. The largest absolute Gasteiger partial charge is 0.503 e. The molecule has 3 nitrogen and oxygen atoms in total. The minimum absolute atomic E-state index is 0.00708. The number of phenols is 1. The van der Waals surface area contributed by atoms with Crippen molar-refractivity contribution >= 4 is 15.9 Å². The van der Waals surface area contributed by atoms with Gasteiger partial charge in [-0.2, -0.15) is 0 Å². The van der Waals surface area contributed by atoms with Gasteiger partial charge in [0.2, 0.25) is 0 Å². The predicted molar refractivity (Wildman–Crippen MR) is 73.4 cm³/mol. The van der Waals surface area contributed by atoms with Gasteiger partial charge in [0.25, 0.3) is 0 Å². The van der Waals surface area contributed by atoms with Crippen LogP contribution in [0.4, 0.5) is 0 Å². The van der Waals surface area contributed by atoms with Crippen molar-refractivity contribution in [2.45, 2.75) is 38.6 Å². The molecule has 1 aromatic carbocycles. The first-order valence-corrected chi connectivity index (χ1v) is 6.71. The molecular formula is C13H20BrNO2. The number of unbranched alkanes of at least 4 members (excludes halogenated alkanes) is 2. The van der Waals surface area contributed by atoms with Crippen LogP contribution in [0.2, 0.25) is 0 Å². The summed E-state index contributed by atoms with van der Waals surface area (Å²) in [5.41, 5.74) is 7.11. The van der Waals surface area contributed by atoms with E-state index in [2.05, 4.69) is 22.9 Å². The number of benzene rings is 1. The predicted octanol–water partition coefficient (Wildman–Crippen LogP) is 3.74. The summed E-state index contributed by atoms with van der Waals surface area (Å²) in [6.07, 6.45) is 4.46. The summed E-state index contributed by atoms with van der Waals surface area (Å²) < 4.78 is 5.73. The highest BCUT2D eigenvalue weighted by molar-refractivity contribution is 9.10. The van der Waals surface area contributed by atoms with Crippen LogP contribution in [0.15, 0.2) is 16.6 Å². The molecule has 0 heterocycles. The molecule has 1 aromatic rings. The van der Waals surface area contributed by atoms with E-state index in [1.807, 2.05) is 6.07 Å². The molecule has 1 atom stereocenters. The van der Waals surface area contributed by atoms with Gasteiger partial charge in [-0.25, -0.2) is 0 Å².